The Labute approximate surface area is 229 Å². The maximum absolute atomic E-state index is 13.0. The van der Waals surface area contributed by atoms with Crippen LogP contribution in [0.3, 0.4) is 0 Å². The first kappa shape index (κ1) is 26.2. The van der Waals surface area contributed by atoms with Crippen LogP contribution >= 0.6 is 34.4 Å². The van der Waals surface area contributed by atoms with Gasteiger partial charge in [-0.2, -0.15) is 0 Å². The van der Waals surface area contributed by atoms with Crippen molar-refractivity contribution < 1.29 is 14.3 Å². The van der Waals surface area contributed by atoms with Gasteiger partial charge in [-0.25, -0.2) is 4.79 Å². The van der Waals surface area contributed by atoms with E-state index in [0.717, 1.165) is 49.1 Å². The number of allylic oxidation sites excluding steroid dienone is 1. The number of aromatic nitrogens is 3. The summed E-state index contributed by atoms with van der Waals surface area (Å²) in [5.74, 6) is 1.04. The lowest BCUT2D eigenvalue weighted by Gasteiger charge is -2.18. The number of rotatable bonds is 9. The van der Waals surface area contributed by atoms with Gasteiger partial charge in [-0.3, -0.25) is 9.36 Å². The van der Waals surface area contributed by atoms with Crippen LogP contribution < -0.4 is 5.32 Å². The number of amides is 1. The number of nitrogens with one attached hydrogen (secondary N) is 1. The molecule has 0 bridgehead atoms. The third-order valence-corrected chi connectivity index (χ3v) is 10.1. The molecule has 0 aromatic carbocycles. The summed E-state index contributed by atoms with van der Waals surface area (Å²) < 4.78 is 7.37. The number of carbonyl (C=O) groups is 2. The zero-order valence-electron chi connectivity index (χ0n) is 21.3. The Morgan fingerprint density at radius 1 is 1.24 bits per heavy atom. The van der Waals surface area contributed by atoms with Gasteiger partial charge in [0, 0.05) is 27.2 Å². The second-order valence-corrected chi connectivity index (χ2v) is 12.6. The zero-order valence-corrected chi connectivity index (χ0v) is 23.8. The van der Waals surface area contributed by atoms with Crippen LogP contribution in [0.4, 0.5) is 5.00 Å². The Hall–Kier alpha value is -2.43. The van der Waals surface area contributed by atoms with Crippen molar-refractivity contribution in [2.45, 2.75) is 70.5 Å². The maximum atomic E-state index is 13.0. The van der Waals surface area contributed by atoms with E-state index in [2.05, 4.69) is 34.4 Å². The van der Waals surface area contributed by atoms with Crippen molar-refractivity contribution in [3.63, 3.8) is 0 Å². The van der Waals surface area contributed by atoms with Gasteiger partial charge in [0.25, 0.3) is 0 Å². The van der Waals surface area contributed by atoms with E-state index in [0.29, 0.717) is 34.8 Å². The minimum Gasteiger partial charge on any atom is -0.462 e. The molecular formula is C27H32N4O3S3. The average Bonchev–Trinajstić information content (AvgIpc) is 3.57. The number of esters is 1. The first-order valence-electron chi connectivity index (χ1n) is 12.9. The van der Waals surface area contributed by atoms with Crippen LogP contribution in [-0.4, -0.2) is 39.0 Å². The number of nitrogens with zero attached hydrogens (tertiary/aromatic N) is 3. The second-order valence-electron chi connectivity index (χ2n) is 9.58. The molecule has 5 rings (SSSR count). The summed E-state index contributed by atoms with van der Waals surface area (Å²) in [4.78, 5) is 28.4. The first-order chi connectivity index (χ1) is 18.0. The minimum atomic E-state index is -0.355. The highest BCUT2D eigenvalue weighted by Crippen LogP contribution is 2.40. The van der Waals surface area contributed by atoms with Crippen LogP contribution in [-0.2, 0) is 41.8 Å². The number of ether oxygens (including phenoxy) is 1. The molecule has 1 amide bonds. The largest absolute Gasteiger partial charge is 0.462 e. The topological polar surface area (TPSA) is 86.1 Å². The summed E-state index contributed by atoms with van der Waals surface area (Å²) >= 11 is 4.67. The summed E-state index contributed by atoms with van der Waals surface area (Å²) in [5.41, 5.74) is 4.12. The first-order valence-corrected chi connectivity index (χ1v) is 15.6. The highest BCUT2D eigenvalue weighted by Gasteiger charge is 2.29. The van der Waals surface area contributed by atoms with Crippen LogP contribution in [0.2, 0.25) is 0 Å². The molecule has 0 aliphatic heterocycles. The van der Waals surface area contributed by atoms with Crippen LogP contribution in [0.1, 0.15) is 64.3 Å². The van der Waals surface area contributed by atoms with Crippen LogP contribution in [0.5, 0.6) is 0 Å². The van der Waals surface area contributed by atoms with Gasteiger partial charge in [0.1, 0.15) is 5.00 Å². The molecule has 7 nitrogen and oxygen atoms in total. The zero-order chi connectivity index (χ0) is 25.9. The molecule has 0 spiro atoms. The fraction of sp³-hybridized carbons (Fsp3) is 0.481. The van der Waals surface area contributed by atoms with Crippen molar-refractivity contribution in [2.75, 3.05) is 17.7 Å². The molecule has 1 unspecified atom stereocenters. The summed E-state index contributed by atoms with van der Waals surface area (Å²) in [6.45, 7) is 8.81. The van der Waals surface area contributed by atoms with Crippen molar-refractivity contribution in [3.05, 3.63) is 44.5 Å². The molecular weight excluding hydrogens is 525 g/mol. The van der Waals surface area contributed by atoms with Gasteiger partial charge in [0.2, 0.25) is 5.91 Å². The van der Waals surface area contributed by atoms with Crippen molar-refractivity contribution >= 4 is 51.3 Å². The third-order valence-electron chi connectivity index (χ3n) is 6.91. The monoisotopic (exact) mass is 556 g/mol. The number of hydrogen-bond donors (Lipinski definition) is 1. The number of fused-ring (bicyclic) bond motifs is 2. The van der Waals surface area contributed by atoms with E-state index in [1.807, 2.05) is 10.6 Å². The second kappa shape index (κ2) is 11.5. The van der Waals surface area contributed by atoms with Crippen molar-refractivity contribution in [2.24, 2.45) is 5.92 Å². The van der Waals surface area contributed by atoms with E-state index in [1.54, 1.807) is 18.3 Å². The number of hydrogen-bond acceptors (Lipinski definition) is 8. The lowest BCUT2D eigenvalue weighted by atomic mass is 9.88. The van der Waals surface area contributed by atoms with Gasteiger partial charge in [-0.05, 0) is 68.9 Å². The highest BCUT2D eigenvalue weighted by atomic mass is 32.2. The predicted molar refractivity (Wildman–Crippen MR) is 151 cm³/mol. The van der Waals surface area contributed by atoms with Crippen LogP contribution in [0.15, 0.2) is 23.2 Å². The normalized spacial score (nSPS) is 16.6. The third kappa shape index (κ3) is 5.42. The summed E-state index contributed by atoms with van der Waals surface area (Å²) in [7, 11) is 0. The van der Waals surface area contributed by atoms with Crippen LogP contribution in [0.25, 0.3) is 11.4 Å². The Morgan fingerprint density at radius 2 is 2.08 bits per heavy atom. The number of anilines is 1. The number of carbonyl (C=O) groups excluding carboxylic acids is 2. The number of thiophene rings is 2. The van der Waals surface area contributed by atoms with Crippen molar-refractivity contribution in [3.8, 4) is 11.4 Å². The smallest absolute Gasteiger partial charge is 0.341 e. The highest BCUT2D eigenvalue weighted by molar-refractivity contribution is 7.99. The molecule has 0 radical (unpaired) electrons. The standard InChI is InChI=1S/C27H32N4O3S3/c1-4-12-31-24(19-14-35-20-9-7-6-8-17(19)20)29-30-27(31)36-15-22(32)28-25-23(26(33)34-5-2)18-11-10-16(3)13-21(18)37-25/h4,14,16H,1,5-13,15H2,2-3H3,(H,28,32). The molecule has 3 aromatic heterocycles. The Bertz CT molecular complexity index is 1320. The average molecular weight is 557 g/mol. The fourth-order valence-electron chi connectivity index (χ4n) is 5.12. The van der Waals surface area contributed by atoms with Gasteiger partial charge >= 0.3 is 5.97 Å². The van der Waals surface area contributed by atoms with E-state index >= 15 is 0 Å². The van der Waals surface area contributed by atoms with E-state index in [-0.39, 0.29) is 17.6 Å². The predicted octanol–water partition coefficient (Wildman–Crippen LogP) is 6.17. The summed E-state index contributed by atoms with van der Waals surface area (Å²) in [5, 5.41) is 15.4. The van der Waals surface area contributed by atoms with Gasteiger partial charge in [-0.1, -0.05) is 24.8 Å². The van der Waals surface area contributed by atoms with Gasteiger partial charge in [-0.15, -0.1) is 39.4 Å². The molecule has 3 heterocycles. The molecule has 2 aliphatic rings. The minimum absolute atomic E-state index is 0.165. The molecule has 1 atom stereocenters. The van der Waals surface area contributed by atoms with E-state index in [9.17, 15) is 9.59 Å². The molecule has 0 fully saturated rings. The van der Waals surface area contributed by atoms with Crippen molar-refractivity contribution in [1.29, 1.82) is 0 Å². The molecule has 196 valence electrons. The maximum Gasteiger partial charge on any atom is 0.341 e. The molecule has 37 heavy (non-hydrogen) atoms. The summed E-state index contributed by atoms with van der Waals surface area (Å²) in [6, 6.07) is 0. The molecule has 0 saturated heterocycles. The lowest BCUT2D eigenvalue weighted by molar-refractivity contribution is -0.113. The lowest BCUT2D eigenvalue weighted by Crippen LogP contribution is -2.18. The Morgan fingerprint density at radius 3 is 2.89 bits per heavy atom. The van der Waals surface area contributed by atoms with E-state index < -0.39 is 0 Å². The number of thioether (sulfide) groups is 1. The molecule has 1 N–H and O–H groups in total. The fourth-order valence-corrected chi connectivity index (χ4v) is 8.41. The van der Waals surface area contributed by atoms with E-state index in [1.165, 1.54) is 51.3 Å². The van der Waals surface area contributed by atoms with Gasteiger partial charge in [0.05, 0.1) is 17.9 Å². The molecule has 0 saturated carbocycles. The molecule has 2 aliphatic carbocycles. The van der Waals surface area contributed by atoms with Gasteiger partial charge in [0.15, 0.2) is 11.0 Å². The number of aryl methyl sites for hydroxylation is 1. The quantitative estimate of drug-likeness (QED) is 0.193. The summed E-state index contributed by atoms with van der Waals surface area (Å²) in [6.07, 6.45) is 9.29. The van der Waals surface area contributed by atoms with Gasteiger partial charge < -0.3 is 10.1 Å². The van der Waals surface area contributed by atoms with Crippen LogP contribution in [0, 0.1) is 5.92 Å². The molecule has 10 heteroatoms. The Balaban J connectivity index is 1.33. The SMILES string of the molecule is C=CCn1c(SCC(=O)Nc2sc3c(c2C(=O)OCC)CCC(C)C3)nnc1-c1csc2c1CCCC2. The van der Waals surface area contributed by atoms with Crippen molar-refractivity contribution in [1.82, 2.24) is 14.8 Å². The van der Waals surface area contributed by atoms with E-state index in [4.69, 9.17) is 4.74 Å². The Kier molecular flexibility index (Phi) is 8.16. The molecule has 3 aromatic rings.